The molecule has 1 heterocycles. The molecule has 1 aromatic carbocycles. The van der Waals surface area contributed by atoms with Crippen LogP contribution in [0.4, 0.5) is 13.2 Å². The maximum absolute atomic E-state index is 13.3. The third-order valence-electron chi connectivity index (χ3n) is 6.18. The number of hydrogen-bond donors (Lipinski definition) is 2. The lowest BCUT2D eigenvalue weighted by atomic mass is 9.69. The Kier molecular flexibility index (Phi) is 7.58. The van der Waals surface area contributed by atoms with Crippen LogP contribution in [0.15, 0.2) is 41.9 Å². The van der Waals surface area contributed by atoms with E-state index in [1.807, 2.05) is 24.6 Å². The molecule has 1 aliphatic carbocycles. The van der Waals surface area contributed by atoms with Crippen LogP contribution in [-0.4, -0.2) is 33.8 Å². The average Bonchev–Trinajstić information content (AvgIpc) is 3.11. The Morgan fingerprint density at radius 2 is 1.97 bits per heavy atom. The van der Waals surface area contributed by atoms with Crippen LogP contribution >= 0.6 is 0 Å². The summed E-state index contributed by atoms with van der Waals surface area (Å²) in [5.41, 5.74) is -0.250. The second-order valence-electron chi connectivity index (χ2n) is 8.33. The summed E-state index contributed by atoms with van der Waals surface area (Å²) in [5, 5.41) is 14.7. The predicted octanol–water partition coefficient (Wildman–Crippen LogP) is 4.27. The van der Waals surface area contributed by atoms with Gasteiger partial charge in [0.1, 0.15) is 12.4 Å². The number of rotatable bonds is 7. The predicted molar refractivity (Wildman–Crippen MR) is 119 cm³/mol. The molecular weight excluding hydrogens is 417 g/mol. The van der Waals surface area contributed by atoms with E-state index in [-0.39, 0.29) is 5.41 Å². The molecule has 0 radical (unpaired) electrons. The van der Waals surface area contributed by atoms with Crippen LogP contribution in [0.25, 0.3) is 0 Å². The molecule has 1 aliphatic rings. The van der Waals surface area contributed by atoms with Crippen molar-refractivity contribution < 1.29 is 13.2 Å². The Bertz CT molecular complexity index is 941. The number of nitrogens with zero attached hydrogens (tertiary/aromatic N) is 4. The number of guanidine groups is 1. The van der Waals surface area contributed by atoms with Crippen LogP contribution in [0, 0.1) is 6.92 Å². The quantitative estimate of drug-likeness (QED) is 0.377. The first-order valence-electron chi connectivity index (χ1n) is 10.9. The lowest BCUT2D eigenvalue weighted by Gasteiger charge is -2.38. The van der Waals surface area contributed by atoms with Crippen molar-refractivity contribution in [1.29, 1.82) is 0 Å². The van der Waals surface area contributed by atoms with Gasteiger partial charge in [0.15, 0.2) is 11.8 Å². The number of alkyl halides is 3. The van der Waals surface area contributed by atoms with Crippen molar-refractivity contribution in [2.24, 2.45) is 12.0 Å². The number of nitrogens with one attached hydrogen (secondary N) is 2. The summed E-state index contributed by atoms with van der Waals surface area (Å²) in [6.07, 6.45) is 2.11. The molecule has 0 unspecified atom stereocenters. The second kappa shape index (κ2) is 10.2. The van der Waals surface area contributed by atoms with Gasteiger partial charge in [0.2, 0.25) is 0 Å². The van der Waals surface area contributed by atoms with Crippen LogP contribution < -0.4 is 10.6 Å². The van der Waals surface area contributed by atoms with Gasteiger partial charge in [0.05, 0.1) is 5.56 Å². The standard InChI is InChI=1S/C23H31F3N6/c1-4-13-27-21(28-15-20-31-30-17(2)32(20)3)29-16-22(11-6-5-7-12-22)18-9-8-10-19(14-18)23(24,25)26/h4,8-10,14H,1,5-7,11-13,15-16H2,2-3H3,(H2,27,28,29). The van der Waals surface area contributed by atoms with Gasteiger partial charge in [-0.05, 0) is 31.4 Å². The summed E-state index contributed by atoms with van der Waals surface area (Å²) in [6, 6.07) is 5.77. The summed E-state index contributed by atoms with van der Waals surface area (Å²) in [7, 11) is 1.88. The molecule has 2 N–H and O–H groups in total. The third-order valence-corrected chi connectivity index (χ3v) is 6.18. The van der Waals surface area contributed by atoms with Crippen LogP contribution in [0.5, 0.6) is 0 Å². The molecule has 1 saturated carbocycles. The lowest BCUT2D eigenvalue weighted by Crippen LogP contribution is -2.46. The first-order chi connectivity index (χ1) is 15.2. The number of hydrogen-bond acceptors (Lipinski definition) is 3. The van der Waals surface area contributed by atoms with E-state index >= 15 is 0 Å². The van der Waals surface area contributed by atoms with E-state index in [2.05, 4.69) is 32.4 Å². The van der Waals surface area contributed by atoms with E-state index in [9.17, 15) is 13.2 Å². The number of aryl methyl sites for hydroxylation is 1. The molecule has 0 spiro atoms. The summed E-state index contributed by atoms with van der Waals surface area (Å²) in [6.45, 7) is 6.95. The SMILES string of the molecule is C=CCNC(=NCc1nnc(C)n1C)NCC1(c2cccc(C(F)(F)F)c2)CCCCC1. The molecule has 0 amide bonds. The Morgan fingerprint density at radius 3 is 2.59 bits per heavy atom. The monoisotopic (exact) mass is 448 g/mol. The first kappa shape index (κ1) is 23.8. The summed E-state index contributed by atoms with van der Waals surface area (Å²) in [5.74, 6) is 2.10. The molecule has 0 bridgehead atoms. The van der Waals surface area contributed by atoms with Gasteiger partial charge in [-0.25, -0.2) is 4.99 Å². The highest BCUT2D eigenvalue weighted by molar-refractivity contribution is 5.80. The molecule has 1 aromatic heterocycles. The Labute approximate surface area is 187 Å². The lowest BCUT2D eigenvalue weighted by molar-refractivity contribution is -0.137. The molecule has 3 rings (SSSR count). The minimum atomic E-state index is -4.36. The van der Waals surface area contributed by atoms with Crippen LogP contribution in [0.2, 0.25) is 0 Å². The smallest absolute Gasteiger partial charge is 0.355 e. The maximum Gasteiger partial charge on any atom is 0.416 e. The fraction of sp³-hybridized carbons (Fsp3) is 0.522. The maximum atomic E-state index is 13.3. The summed E-state index contributed by atoms with van der Waals surface area (Å²) < 4.78 is 41.9. The number of aromatic nitrogens is 3. The van der Waals surface area contributed by atoms with Gasteiger partial charge in [0, 0.05) is 25.6 Å². The minimum absolute atomic E-state index is 0.334. The van der Waals surface area contributed by atoms with E-state index in [1.165, 1.54) is 12.1 Å². The van der Waals surface area contributed by atoms with Crippen molar-refractivity contribution in [3.05, 3.63) is 59.7 Å². The van der Waals surface area contributed by atoms with Gasteiger partial charge >= 0.3 is 6.18 Å². The van der Waals surface area contributed by atoms with E-state index in [0.29, 0.717) is 25.6 Å². The van der Waals surface area contributed by atoms with E-state index in [0.717, 1.165) is 55.4 Å². The third kappa shape index (κ3) is 5.69. The average molecular weight is 449 g/mol. The van der Waals surface area contributed by atoms with E-state index in [1.54, 1.807) is 6.08 Å². The Balaban J connectivity index is 1.82. The highest BCUT2D eigenvalue weighted by Crippen LogP contribution is 2.41. The van der Waals surface area contributed by atoms with Gasteiger partial charge in [-0.3, -0.25) is 0 Å². The fourth-order valence-corrected chi connectivity index (χ4v) is 4.16. The topological polar surface area (TPSA) is 67.1 Å². The van der Waals surface area contributed by atoms with Gasteiger partial charge in [-0.1, -0.05) is 43.5 Å². The van der Waals surface area contributed by atoms with Gasteiger partial charge in [0.25, 0.3) is 0 Å². The van der Waals surface area contributed by atoms with E-state index in [4.69, 9.17) is 0 Å². The molecule has 32 heavy (non-hydrogen) atoms. The number of halogens is 3. The summed E-state index contributed by atoms with van der Waals surface area (Å²) >= 11 is 0. The molecule has 2 aromatic rings. The van der Waals surface area contributed by atoms with Crippen molar-refractivity contribution in [2.75, 3.05) is 13.1 Å². The Morgan fingerprint density at radius 1 is 1.22 bits per heavy atom. The van der Waals surface area contributed by atoms with E-state index < -0.39 is 11.7 Å². The fourth-order valence-electron chi connectivity index (χ4n) is 4.16. The molecule has 0 atom stereocenters. The second-order valence-corrected chi connectivity index (χ2v) is 8.33. The van der Waals surface area contributed by atoms with Crippen molar-refractivity contribution in [3.63, 3.8) is 0 Å². The highest BCUT2D eigenvalue weighted by atomic mass is 19.4. The Hall–Kier alpha value is -2.84. The van der Waals surface area contributed by atoms with Crippen LogP contribution in [0.1, 0.15) is 54.9 Å². The molecule has 0 saturated heterocycles. The molecule has 9 heteroatoms. The van der Waals surface area contributed by atoms with Gasteiger partial charge in [-0.2, -0.15) is 13.2 Å². The van der Waals surface area contributed by atoms with Crippen molar-refractivity contribution in [2.45, 2.75) is 57.2 Å². The van der Waals surface area contributed by atoms with Crippen LogP contribution in [-0.2, 0) is 25.2 Å². The zero-order chi connectivity index (χ0) is 23.2. The van der Waals surface area contributed by atoms with Crippen molar-refractivity contribution >= 4 is 5.96 Å². The zero-order valence-electron chi connectivity index (χ0n) is 18.7. The normalized spacial score (nSPS) is 16.6. The highest BCUT2D eigenvalue weighted by Gasteiger charge is 2.37. The molecule has 0 aliphatic heterocycles. The van der Waals surface area contributed by atoms with Crippen LogP contribution in [0.3, 0.4) is 0 Å². The molecule has 1 fully saturated rings. The van der Waals surface area contributed by atoms with Gasteiger partial charge < -0.3 is 15.2 Å². The largest absolute Gasteiger partial charge is 0.416 e. The molecule has 6 nitrogen and oxygen atoms in total. The molecular formula is C23H31F3N6. The van der Waals surface area contributed by atoms with Gasteiger partial charge in [-0.15, -0.1) is 16.8 Å². The minimum Gasteiger partial charge on any atom is -0.355 e. The number of benzene rings is 1. The first-order valence-corrected chi connectivity index (χ1v) is 10.9. The van der Waals surface area contributed by atoms with Crippen molar-refractivity contribution in [3.8, 4) is 0 Å². The number of aliphatic imine (C=N–C) groups is 1. The summed E-state index contributed by atoms with van der Waals surface area (Å²) in [4.78, 5) is 4.61. The zero-order valence-corrected chi connectivity index (χ0v) is 18.7. The molecule has 174 valence electrons. The van der Waals surface area contributed by atoms with Crippen molar-refractivity contribution in [1.82, 2.24) is 25.4 Å².